The molecule has 0 fully saturated rings. The fourth-order valence-electron chi connectivity index (χ4n) is 2.58. The maximum Gasteiger partial charge on any atom is 0.0708 e. The number of allylic oxidation sites excluding steroid dienone is 6. The third-order valence-corrected chi connectivity index (χ3v) is 19.2. The first-order valence-electron chi connectivity index (χ1n) is 9.75. The van der Waals surface area contributed by atoms with E-state index in [-0.39, 0.29) is 0 Å². The normalized spacial score (nSPS) is 22.6. The van der Waals surface area contributed by atoms with Gasteiger partial charge in [0.1, 0.15) is 0 Å². The van der Waals surface area contributed by atoms with E-state index in [0.29, 0.717) is 0 Å². The van der Waals surface area contributed by atoms with Crippen molar-refractivity contribution in [3.8, 4) is 0 Å². The van der Waals surface area contributed by atoms with Crippen LogP contribution in [0.3, 0.4) is 0 Å². The van der Waals surface area contributed by atoms with E-state index in [9.17, 15) is 0 Å². The summed E-state index contributed by atoms with van der Waals surface area (Å²) >= 11 is 19.9. The Balaban J connectivity index is 1.19. The van der Waals surface area contributed by atoms with Crippen molar-refractivity contribution >= 4 is 118 Å². The monoisotopic (exact) mass is 596 g/mol. The first-order valence-corrected chi connectivity index (χ1v) is 18.3. The maximum atomic E-state index is 2.28. The average Bonchev–Trinajstić information content (AvgIpc) is 3.45. The Morgan fingerprint density at radius 1 is 0.419 bits per heavy atom. The number of hydrogen-bond donors (Lipinski definition) is 0. The van der Waals surface area contributed by atoms with Gasteiger partial charge in [-0.25, -0.2) is 0 Å². The van der Waals surface area contributed by atoms with Crippen molar-refractivity contribution in [3.05, 3.63) is 54.9 Å². The highest BCUT2D eigenvalue weighted by atomic mass is 32.2. The summed E-state index contributed by atoms with van der Waals surface area (Å²) in [4.78, 5) is 8.81. The van der Waals surface area contributed by atoms with Gasteiger partial charge in [0, 0.05) is 9.81 Å². The van der Waals surface area contributed by atoms with E-state index in [1.807, 2.05) is 94.1 Å². The van der Waals surface area contributed by atoms with Gasteiger partial charge in [-0.15, -0.1) is 23.5 Å². The molecule has 0 saturated carbocycles. The third-order valence-electron chi connectivity index (χ3n) is 4.50. The largest absolute Gasteiger partial charge is 0.118 e. The van der Waals surface area contributed by atoms with E-state index in [4.69, 9.17) is 0 Å². The van der Waals surface area contributed by atoms with Crippen LogP contribution < -0.4 is 0 Å². The molecule has 0 bridgehead atoms. The molecular weight excluding hydrogens is 573 g/mol. The highest BCUT2D eigenvalue weighted by Gasteiger charge is 2.27. The van der Waals surface area contributed by atoms with Crippen molar-refractivity contribution in [1.29, 1.82) is 0 Å². The molecule has 0 aromatic carbocycles. The van der Waals surface area contributed by atoms with Crippen LogP contribution in [0.15, 0.2) is 54.9 Å². The van der Waals surface area contributed by atoms with Gasteiger partial charge in [-0.2, -0.15) is 0 Å². The zero-order chi connectivity index (χ0) is 22.1. The molecule has 0 amide bonds. The summed E-state index contributed by atoms with van der Waals surface area (Å²) in [7, 11) is 0. The quantitative estimate of drug-likeness (QED) is 0.270. The summed E-state index contributed by atoms with van der Waals surface area (Å²) in [6, 6.07) is 0. The van der Waals surface area contributed by atoms with Crippen LogP contribution >= 0.6 is 118 Å². The summed E-state index contributed by atoms with van der Waals surface area (Å²) in [5.74, 6) is 2.41. The summed E-state index contributed by atoms with van der Waals surface area (Å²) in [5, 5.41) is 0. The lowest BCUT2D eigenvalue weighted by molar-refractivity contribution is 1.13. The van der Waals surface area contributed by atoms with Crippen LogP contribution in [0.4, 0.5) is 0 Å². The molecule has 0 saturated heterocycles. The Labute approximate surface area is 229 Å². The van der Waals surface area contributed by atoms with Crippen LogP contribution in [-0.4, -0.2) is 11.5 Å². The van der Waals surface area contributed by atoms with E-state index >= 15 is 0 Å². The lowest BCUT2D eigenvalue weighted by Crippen LogP contribution is -1.84. The molecule has 0 spiro atoms. The second-order valence-electron chi connectivity index (χ2n) is 6.93. The zero-order valence-corrected chi connectivity index (χ0v) is 26.4. The topological polar surface area (TPSA) is 0 Å². The second kappa shape index (κ2) is 11.8. The molecule has 0 aromatic rings. The predicted octanol–water partition coefficient (Wildman–Crippen LogP) is 11.9. The minimum Gasteiger partial charge on any atom is -0.118 e. The molecule has 0 aliphatic carbocycles. The van der Waals surface area contributed by atoms with Gasteiger partial charge in [-0.05, 0) is 79.1 Å². The van der Waals surface area contributed by atoms with E-state index < -0.39 is 0 Å². The van der Waals surface area contributed by atoms with Crippen LogP contribution in [-0.2, 0) is 0 Å². The predicted molar refractivity (Wildman–Crippen MR) is 166 cm³/mol. The van der Waals surface area contributed by atoms with Gasteiger partial charge >= 0.3 is 0 Å². The van der Waals surface area contributed by atoms with Crippen molar-refractivity contribution in [1.82, 2.24) is 0 Å². The van der Waals surface area contributed by atoms with E-state index in [2.05, 4.69) is 65.1 Å². The van der Waals surface area contributed by atoms with Crippen molar-refractivity contribution in [3.63, 3.8) is 0 Å². The molecule has 0 atom stereocenters. The van der Waals surface area contributed by atoms with Gasteiger partial charge in [0.05, 0.1) is 25.4 Å². The Hall–Kier alpha value is 1.94. The van der Waals surface area contributed by atoms with Gasteiger partial charge in [-0.3, -0.25) is 0 Å². The van der Waals surface area contributed by atoms with Crippen molar-refractivity contribution < 1.29 is 0 Å². The molecule has 4 aliphatic heterocycles. The molecule has 0 aromatic heterocycles. The smallest absolute Gasteiger partial charge is 0.0708 e. The zero-order valence-electron chi connectivity index (χ0n) is 18.2. The Morgan fingerprint density at radius 2 is 0.710 bits per heavy atom. The van der Waals surface area contributed by atoms with Crippen molar-refractivity contribution in [2.24, 2.45) is 0 Å². The summed E-state index contributed by atoms with van der Waals surface area (Å²) in [6.07, 6.45) is 1.25. The van der Waals surface area contributed by atoms with Crippen LogP contribution in [0.5, 0.6) is 0 Å². The molecule has 31 heavy (non-hydrogen) atoms. The van der Waals surface area contributed by atoms with Crippen LogP contribution in [0.2, 0.25) is 0 Å². The highest BCUT2D eigenvalue weighted by molar-refractivity contribution is 8.39. The highest BCUT2D eigenvalue weighted by Crippen LogP contribution is 2.62. The van der Waals surface area contributed by atoms with Gasteiger partial charge in [0.15, 0.2) is 0 Å². The van der Waals surface area contributed by atoms with Crippen LogP contribution in [0.25, 0.3) is 0 Å². The molecule has 0 radical (unpaired) electrons. The molecule has 168 valence electrons. The van der Waals surface area contributed by atoms with Crippen molar-refractivity contribution in [2.45, 2.75) is 48.0 Å². The third kappa shape index (κ3) is 6.58. The Bertz CT molecular complexity index is 866. The number of hydrogen-bond acceptors (Lipinski definition) is 10. The van der Waals surface area contributed by atoms with Gasteiger partial charge in [0.2, 0.25) is 0 Å². The summed E-state index contributed by atoms with van der Waals surface area (Å²) in [6.45, 7) is 13.5. The van der Waals surface area contributed by atoms with Gasteiger partial charge < -0.3 is 0 Å². The maximum absolute atomic E-state index is 2.28. The van der Waals surface area contributed by atoms with Crippen LogP contribution in [0, 0.1) is 0 Å². The molecular formula is C21H24S10. The molecule has 4 aliphatic rings. The van der Waals surface area contributed by atoms with Crippen LogP contribution in [0.1, 0.15) is 48.0 Å². The SMILES string of the molecule is CC1=C(C)SC(=C2SC(C)=C(SCCCSC3=C(C)SC(=C4SC(C)=C(C)S4)S3)S2)S1. The second-order valence-corrected chi connectivity index (χ2v) is 20.1. The lowest BCUT2D eigenvalue weighted by Gasteiger charge is -2.05. The molecule has 10 heteroatoms. The number of thioether (sulfide) groups is 10. The van der Waals surface area contributed by atoms with E-state index in [0.717, 1.165) is 0 Å². The lowest BCUT2D eigenvalue weighted by atomic mass is 10.6. The fourth-order valence-corrected chi connectivity index (χ4v) is 16.6. The van der Waals surface area contributed by atoms with Crippen molar-refractivity contribution in [2.75, 3.05) is 11.5 Å². The summed E-state index contributed by atoms with van der Waals surface area (Å²) < 4.78 is 8.98. The number of rotatable bonds is 6. The minimum atomic E-state index is 1.21. The first kappa shape index (κ1) is 26.0. The molecule has 4 heterocycles. The van der Waals surface area contributed by atoms with Gasteiger partial charge in [-0.1, -0.05) is 94.1 Å². The fraction of sp³-hybridized carbons (Fsp3) is 0.429. The Kier molecular flexibility index (Phi) is 9.89. The molecule has 0 nitrogen and oxygen atoms in total. The Morgan fingerprint density at radius 3 is 1.06 bits per heavy atom. The average molecular weight is 597 g/mol. The molecule has 4 rings (SSSR count). The van der Waals surface area contributed by atoms with E-state index in [1.165, 1.54) is 72.8 Å². The summed E-state index contributed by atoms with van der Waals surface area (Å²) in [5.41, 5.74) is 0. The first-order chi connectivity index (χ1) is 14.8. The minimum absolute atomic E-state index is 1.21. The molecule has 0 unspecified atom stereocenters. The van der Waals surface area contributed by atoms with Gasteiger partial charge in [0.25, 0.3) is 0 Å². The molecule has 0 N–H and O–H groups in total. The van der Waals surface area contributed by atoms with E-state index in [1.54, 1.807) is 0 Å². The standard InChI is InChI=1S/C21H24S10/c1-10-11(2)25-18(24-10)20-28-14(5)16(30-20)22-8-7-9-23-17-15(6)29-21(31-17)19-26-12(3)13(4)27-19/h7-9H2,1-6H3.